The summed E-state index contributed by atoms with van der Waals surface area (Å²) in [6, 6.07) is 15.0. The van der Waals surface area contributed by atoms with Gasteiger partial charge in [0.1, 0.15) is 12.6 Å². The van der Waals surface area contributed by atoms with Gasteiger partial charge in [0.15, 0.2) is 0 Å². The lowest BCUT2D eigenvalue weighted by Crippen LogP contribution is -2.49. The topological polar surface area (TPSA) is 95.9 Å². The number of nitrogens with zero attached hydrogens (tertiary/aromatic N) is 1. The van der Waals surface area contributed by atoms with E-state index in [9.17, 15) is 14.4 Å². The standard InChI is InChI=1S/C27H28N2O5/c1-2-15-29(16-18-11-12-18)26(32)24(13-14-25(30)31)28-27(33)34-17-23-21-9-5-3-7-19(21)20-8-4-6-10-22(20)23/h1,3-10,18,23-24H,11-17H2,(H,28,33)(H,30,31). The Morgan fingerprint density at radius 3 is 2.26 bits per heavy atom. The third-order valence-corrected chi connectivity index (χ3v) is 6.35. The molecule has 0 aromatic heterocycles. The van der Waals surface area contributed by atoms with E-state index in [-0.39, 0.29) is 37.8 Å². The molecule has 2 aromatic carbocycles. The predicted octanol–water partition coefficient (Wildman–Crippen LogP) is 3.63. The first-order valence-electron chi connectivity index (χ1n) is 11.5. The number of alkyl carbamates (subject to hydrolysis) is 1. The van der Waals surface area contributed by atoms with Crippen molar-refractivity contribution in [1.29, 1.82) is 0 Å². The number of carbonyl (C=O) groups excluding carboxylic acids is 2. The van der Waals surface area contributed by atoms with Crippen LogP contribution in [0, 0.1) is 18.3 Å². The molecule has 2 amide bonds. The van der Waals surface area contributed by atoms with Crippen molar-refractivity contribution < 1.29 is 24.2 Å². The number of carboxylic acid groups (broad SMARTS) is 1. The Kier molecular flexibility index (Phi) is 7.17. The second-order valence-electron chi connectivity index (χ2n) is 8.82. The van der Waals surface area contributed by atoms with E-state index in [1.807, 2.05) is 36.4 Å². The molecule has 1 fully saturated rings. The molecular weight excluding hydrogens is 432 g/mol. The number of fused-ring (bicyclic) bond motifs is 3. The van der Waals surface area contributed by atoms with Crippen LogP contribution >= 0.6 is 0 Å². The third kappa shape index (κ3) is 5.40. The zero-order chi connectivity index (χ0) is 24.1. The Labute approximate surface area is 199 Å². The van der Waals surface area contributed by atoms with Gasteiger partial charge >= 0.3 is 12.1 Å². The summed E-state index contributed by atoms with van der Waals surface area (Å²) in [5, 5.41) is 11.7. The normalized spacial score (nSPS) is 14.9. The van der Waals surface area contributed by atoms with Crippen LogP contribution in [0.5, 0.6) is 0 Å². The third-order valence-electron chi connectivity index (χ3n) is 6.35. The molecule has 176 valence electrons. The lowest BCUT2D eigenvalue weighted by Gasteiger charge is -2.26. The van der Waals surface area contributed by atoms with E-state index >= 15 is 0 Å². The molecule has 2 aliphatic carbocycles. The van der Waals surface area contributed by atoms with Crippen molar-refractivity contribution in [2.75, 3.05) is 19.7 Å². The van der Waals surface area contributed by atoms with E-state index in [1.54, 1.807) is 0 Å². The molecule has 2 aromatic rings. The largest absolute Gasteiger partial charge is 0.481 e. The highest BCUT2D eigenvalue weighted by Crippen LogP contribution is 2.44. The maximum Gasteiger partial charge on any atom is 0.407 e. The van der Waals surface area contributed by atoms with Crippen LogP contribution in [-0.2, 0) is 14.3 Å². The van der Waals surface area contributed by atoms with Crippen molar-refractivity contribution in [3.63, 3.8) is 0 Å². The van der Waals surface area contributed by atoms with Crippen LogP contribution in [-0.4, -0.2) is 53.7 Å². The van der Waals surface area contributed by atoms with Crippen molar-refractivity contribution in [2.24, 2.45) is 5.92 Å². The molecule has 34 heavy (non-hydrogen) atoms. The summed E-state index contributed by atoms with van der Waals surface area (Å²) in [5.41, 5.74) is 4.40. The van der Waals surface area contributed by atoms with Gasteiger partial charge in [-0.15, -0.1) is 6.42 Å². The molecule has 7 nitrogen and oxygen atoms in total. The van der Waals surface area contributed by atoms with Gasteiger partial charge < -0.3 is 20.1 Å². The van der Waals surface area contributed by atoms with Crippen LogP contribution in [0.25, 0.3) is 11.1 Å². The van der Waals surface area contributed by atoms with E-state index in [1.165, 1.54) is 4.90 Å². The van der Waals surface area contributed by atoms with Crippen molar-refractivity contribution >= 4 is 18.0 Å². The van der Waals surface area contributed by atoms with Crippen LogP contribution in [0.3, 0.4) is 0 Å². The zero-order valence-electron chi connectivity index (χ0n) is 18.9. The van der Waals surface area contributed by atoms with Gasteiger partial charge in [-0.25, -0.2) is 4.79 Å². The van der Waals surface area contributed by atoms with Gasteiger partial charge in [-0.05, 0) is 47.4 Å². The molecule has 4 rings (SSSR count). The number of carboxylic acids is 1. The molecule has 0 aliphatic heterocycles. The minimum absolute atomic E-state index is 0.0376. The molecule has 2 N–H and O–H groups in total. The first kappa shape index (κ1) is 23.4. The monoisotopic (exact) mass is 460 g/mol. The van der Waals surface area contributed by atoms with Crippen LogP contribution in [0.15, 0.2) is 48.5 Å². The number of carbonyl (C=O) groups is 3. The van der Waals surface area contributed by atoms with Gasteiger partial charge in [-0.3, -0.25) is 9.59 Å². The first-order chi connectivity index (χ1) is 16.5. The summed E-state index contributed by atoms with van der Waals surface area (Å²) in [4.78, 5) is 38.5. The van der Waals surface area contributed by atoms with Crippen molar-refractivity contribution in [3.8, 4) is 23.5 Å². The molecule has 2 aliphatic rings. The van der Waals surface area contributed by atoms with Crippen molar-refractivity contribution in [3.05, 3.63) is 59.7 Å². The van der Waals surface area contributed by atoms with E-state index in [4.69, 9.17) is 16.3 Å². The van der Waals surface area contributed by atoms with Crippen LogP contribution in [0.4, 0.5) is 4.79 Å². The van der Waals surface area contributed by atoms with Crippen LogP contribution < -0.4 is 5.32 Å². The Bertz CT molecular complexity index is 1070. The average molecular weight is 461 g/mol. The summed E-state index contributed by atoms with van der Waals surface area (Å²) in [6.07, 6.45) is 6.46. The van der Waals surface area contributed by atoms with Gasteiger partial charge in [0.2, 0.25) is 5.91 Å². The number of hydrogen-bond acceptors (Lipinski definition) is 4. The molecule has 0 radical (unpaired) electrons. The van der Waals surface area contributed by atoms with Gasteiger partial charge in [0.25, 0.3) is 0 Å². The van der Waals surface area contributed by atoms with Gasteiger partial charge in [-0.2, -0.15) is 0 Å². The molecule has 1 saturated carbocycles. The number of amides is 2. The quantitative estimate of drug-likeness (QED) is 0.528. The molecule has 0 spiro atoms. The van der Waals surface area contributed by atoms with Gasteiger partial charge in [0.05, 0.1) is 6.54 Å². The van der Waals surface area contributed by atoms with Gasteiger partial charge in [-0.1, -0.05) is 54.5 Å². The maximum absolute atomic E-state index is 13.1. The Hall–Kier alpha value is -3.79. The molecule has 0 heterocycles. The Morgan fingerprint density at radius 1 is 1.09 bits per heavy atom. The van der Waals surface area contributed by atoms with E-state index < -0.39 is 18.1 Å². The second kappa shape index (κ2) is 10.4. The Balaban J connectivity index is 1.43. The maximum atomic E-state index is 13.1. The SMILES string of the molecule is C#CCN(CC1CC1)C(=O)C(CCC(=O)O)NC(=O)OCC1c2ccccc2-c2ccccc21. The minimum atomic E-state index is -1.04. The zero-order valence-corrected chi connectivity index (χ0v) is 18.9. The number of ether oxygens (including phenoxy) is 1. The van der Waals surface area contributed by atoms with E-state index in [2.05, 4.69) is 23.4 Å². The fourth-order valence-corrected chi connectivity index (χ4v) is 4.48. The minimum Gasteiger partial charge on any atom is -0.481 e. The highest BCUT2D eigenvalue weighted by atomic mass is 16.5. The van der Waals surface area contributed by atoms with Crippen molar-refractivity contribution in [1.82, 2.24) is 10.2 Å². The first-order valence-corrected chi connectivity index (χ1v) is 11.5. The smallest absolute Gasteiger partial charge is 0.407 e. The summed E-state index contributed by atoms with van der Waals surface area (Å²) in [5.74, 6) is 1.36. The van der Waals surface area contributed by atoms with E-state index in [0.29, 0.717) is 12.5 Å². The predicted molar refractivity (Wildman–Crippen MR) is 127 cm³/mol. The number of aliphatic carboxylic acids is 1. The molecule has 1 atom stereocenters. The lowest BCUT2D eigenvalue weighted by atomic mass is 9.98. The van der Waals surface area contributed by atoms with Crippen molar-refractivity contribution in [2.45, 2.75) is 37.6 Å². The molecule has 7 heteroatoms. The fourth-order valence-electron chi connectivity index (χ4n) is 4.48. The van der Waals surface area contributed by atoms with E-state index in [0.717, 1.165) is 35.1 Å². The number of nitrogens with one attached hydrogen (secondary N) is 1. The summed E-state index contributed by atoms with van der Waals surface area (Å²) in [7, 11) is 0. The summed E-state index contributed by atoms with van der Waals surface area (Å²) >= 11 is 0. The van der Waals surface area contributed by atoms with Crippen LogP contribution in [0.2, 0.25) is 0 Å². The Morgan fingerprint density at radius 2 is 1.71 bits per heavy atom. The van der Waals surface area contributed by atoms with Gasteiger partial charge in [0, 0.05) is 18.9 Å². The highest BCUT2D eigenvalue weighted by Gasteiger charge is 2.33. The number of hydrogen-bond donors (Lipinski definition) is 2. The molecule has 0 bridgehead atoms. The number of rotatable bonds is 10. The molecule has 1 unspecified atom stereocenters. The number of benzene rings is 2. The van der Waals surface area contributed by atoms with Crippen LogP contribution in [0.1, 0.15) is 42.7 Å². The second-order valence-corrected chi connectivity index (χ2v) is 8.82. The molecule has 0 saturated heterocycles. The fraction of sp³-hybridized carbons (Fsp3) is 0.370. The number of terminal acetylenes is 1. The lowest BCUT2D eigenvalue weighted by molar-refractivity contribution is -0.138. The summed E-state index contributed by atoms with van der Waals surface area (Å²) < 4.78 is 5.55. The molecular formula is C27H28N2O5. The average Bonchev–Trinajstić information content (AvgIpc) is 3.60. The summed E-state index contributed by atoms with van der Waals surface area (Å²) in [6.45, 7) is 0.736. The highest BCUT2D eigenvalue weighted by molar-refractivity contribution is 5.86.